The lowest BCUT2D eigenvalue weighted by molar-refractivity contribution is -0.130. The minimum atomic E-state index is -0.534. The summed E-state index contributed by atoms with van der Waals surface area (Å²) in [6.45, 7) is 3.40. The Bertz CT molecular complexity index is 889. The van der Waals surface area contributed by atoms with Gasteiger partial charge in [0.1, 0.15) is 5.82 Å². The molecule has 6 heteroatoms. The first kappa shape index (κ1) is 18.0. The minimum absolute atomic E-state index is 0.0247. The molecule has 3 atom stereocenters. The number of rotatable bonds is 2. The van der Waals surface area contributed by atoms with Crippen molar-refractivity contribution >= 4 is 23.4 Å². The van der Waals surface area contributed by atoms with Gasteiger partial charge in [-0.1, -0.05) is 41.9 Å². The van der Waals surface area contributed by atoms with Crippen molar-refractivity contribution in [2.45, 2.75) is 13.0 Å². The average Bonchev–Trinajstić information content (AvgIpc) is 3.22. The molecule has 4 rings (SSSR count). The molecule has 0 bridgehead atoms. The van der Waals surface area contributed by atoms with Crippen LogP contribution in [-0.2, 0) is 4.79 Å². The summed E-state index contributed by atoms with van der Waals surface area (Å²) in [5.74, 6) is -0.197. The third-order valence-corrected chi connectivity index (χ3v) is 5.95. The SMILES string of the molecule is CC(=O)N1C[C@H]2CN(C(=O)c3ccc(F)c(Cl)c3)C[C@H]2[C@@H]1c1ccccc1. The summed E-state index contributed by atoms with van der Waals surface area (Å²) in [5.41, 5.74) is 1.49. The van der Waals surface area contributed by atoms with Crippen molar-refractivity contribution in [1.82, 2.24) is 9.80 Å². The second kappa shape index (κ2) is 6.97. The van der Waals surface area contributed by atoms with E-state index in [0.29, 0.717) is 25.2 Å². The monoisotopic (exact) mass is 386 g/mol. The predicted molar refractivity (Wildman–Crippen MR) is 101 cm³/mol. The number of likely N-dealkylation sites (tertiary alicyclic amines) is 2. The fourth-order valence-electron chi connectivity index (χ4n) is 4.42. The molecule has 2 aromatic rings. The minimum Gasteiger partial charge on any atom is -0.338 e. The van der Waals surface area contributed by atoms with Crippen LogP contribution in [-0.4, -0.2) is 41.2 Å². The number of carbonyl (C=O) groups is 2. The third-order valence-electron chi connectivity index (χ3n) is 5.66. The van der Waals surface area contributed by atoms with Crippen molar-refractivity contribution in [3.63, 3.8) is 0 Å². The van der Waals surface area contributed by atoms with Gasteiger partial charge >= 0.3 is 0 Å². The molecule has 0 aliphatic carbocycles. The van der Waals surface area contributed by atoms with Crippen LogP contribution in [0, 0.1) is 17.7 Å². The second-order valence-electron chi connectivity index (χ2n) is 7.29. The number of hydrogen-bond acceptors (Lipinski definition) is 2. The van der Waals surface area contributed by atoms with Crippen molar-refractivity contribution in [2.24, 2.45) is 11.8 Å². The van der Waals surface area contributed by atoms with Gasteiger partial charge < -0.3 is 9.80 Å². The molecule has 4 nitrogen and oxygen atoms in total. The average molecular weight is 387 g/mol. The Balaban J connectivity index is 1.58. The van der Waals surface area contributed by atoms with Crippen molar-refractivity contribution < 1.29 is 14.0 Å². The summed E-state index contributed by atoms with van der Waals surface area (Å²) in [5, 5.41) is -0.0508. The van der Waals surface area contributed by atoms with Crippen LogP contribution in [0.3, 0.4) is 0 Å². The molecular formula is C21H20ClFN2O2. The fourth-order valence-corrected chi connectivity index (χ4v) is 4.60. The predicted octanol–water partition coefficient (Wildman–Crippen LogP) is 3.77. The molecule has 27 heavy (non-hydrogen) atoms. The molecule has 0 aromatic heterocycles. The molecule has 140 valence electrons. The number of carbonyl (C=O) groups excluding carboxylic acids is 2. The Morgan fingerprint density at radius 3 is 2.48 bits per heavy atom. The van der Waals surface area contributed by atoms with E-state index in [9.17, 15) is 14.0 Å². The molecule has 2 heterocycles. The molecule has 2 aliphatic heterocycles. The van der Waals surface area contributed by atoms with E-state index < -0.39 is 5.82 Å². The van der Waals surface area contributed by atoms with E-state index in [4.69, 9.17) is 11.6 Å². The Kier molecular flexibility index (Phi) is 4.64. The summed E-state index contributed by atoms with van der Waals surface area (Å²) >= 11 is 5.83. The summed E-state index contributed by atoms with van der Waals surface area (Å²) in [6.07, 6.45) is 0. The van der Waals surface area contributed by atoms with Crippen LogP contribution in [0.25, 0.3) is 0 Å². The highest BCUT2D eigenvalue weighted by Crippen LogP contribution is 2.45. The maximum atomic E-state index is 13.4. The van der Waals surface area contributed by atoms with Crippen molar-refractivity contribution in [3.05, 3.63) is 70.5 Å². The summed E-state index contributed by atoms with van der Waals surface area (Å²) in [6, 6.07) is 14.0. The number of nitrogens with zero attached hydrogens (tertiary/aromatic N) is 2. The van der Waals surface area contributed by atoms with Gasteiger partial charge in [-0.15, -0.1) is 0 Å². The van der Waals surface area contributed by atoms with Crippen LogP contribution in [0.15, 0.2) is 48.5 Å². The summed E-state index contributed by atoms with van der Waals surface area (Å²) in [4.78, 5) is 28.7. The van der Waals surface area contributed by atoms with Gasteiger partial charge in [0.15, 0.2) is 0 Å². The lowest BCUT2D eigenvalue weighted by atomic mass is 9.89. The summed E-state index contributed by atoms with van der Waals surface area (Å²) in [7, 11) is 0. The van der Waals surface area contributed by atoms with E-state index in [-0.39, 0.29) is 34.7 Å². The molecule has 0 N–H and O–H groups in total. The van der Waals surface area contributed by atoms with Crippen LogP contribution in [0.1, 0.15) is 28.9 Å². The van der Waals surface area contributed by atoms with E-state index in [0.717, 1.165) is 5.56 Å². The highest BCUT2D eigenvalue weighted by atomic mass is 35.5. The second-order valence-corrected chi connectivity index (χ2v) is 7.70. The van der Waals surface area contributed by atoms with Crippen LogP contribution >= 0.6 is 11.6 Å². The van der Waals surface area contributed by atoms with E-state index in [2.05, 4.69) is 0 Å². The zero-order valence-corrected chi connectivity index (χ0v) is 15.7. The van der Waals surface area contributed by atoms with Gasteiger partial charge in [-0.2, -0.15) is 0 Å². The Morgan fingerprint density at radius 1 is 1.07 bits per heavy atom. The van der Waals surface area contributed by atoms with Gasteiger partial charge in [-0.25, -0.2) is 4.39 Å². The Morgan fingerprint density at radius 2 is 1.81 bits per heavy atom. The molecule has 2 fully saturated rings. The smallest absolute Gasteiger partial charge is 0.253 e. The lowest BCUT2D eigenvalue weighted by Gasteiger charge is -2.29. The van der Waals surface area contributed by atoms with E-state index in [1.807, 2.05) is 35.2 Å². The highest BCUT2D eigenvalue weighted by Gasteiger charge is 2.49. The fraction of sp³-hybridized carbons (Fsp3) is 0.333. The quantitative estimate of drug-likeness (QED) is 0.788. The van der Waals surface area contributed by atoms with Crippen LogP contribution in [0.5, 0.6) is 0 Å². The van der Waals surface area contributed by atoms with E-state index in [1.165, 1.54) is 18.2 Å². The van der Waals surface area contributed by atoms with Crippen LogP contribution in [0.4, 0.5) is 4.39 Å². The number of hydrogen-bond donors (Lipinski definition) is 0. The zero-order valence-electron chi connectivity index (χ0n) is 14.9. The third kappa shape index (κ3) is 3.21. The Hall–Kier alpha value is -2.40. The molecule has 0 saturated carbocycles. The normalized spacial score (nSPS) is 24.2. The van der Waals surface area contributed by atoms with Gasteiger partial charge in [0.25, 0.3) is 5.91 Å². The molecule has 2 saturated heterocycles. The Labute approximate surface area is 162 Å². The number of amides is 2. The topological polar surface area (TPSA) is 40.6 Å². The first-order chi connectivity index (χ1) is 13.0. The van der Waals surface area contributed by atoms with E-state index in [1.54, 1.807) is 11.8 Å². The van der Waals surface area contributed by atoms with Gasteiger partial charge in [0.05, 0.1) is 11.1 Å². The van der Waals surface area contributed by atoms with Gasteiger partial charge in [-0.3, -0.25) is 9.59 Å². The molecule has 0 unspecified atom stereocenters. The number of benzene rings is 2. The first-order valence-electron chi connectivity index (χ1n) is 9.02. The largest absolute Gasteiger partial charge is 0.338 e. The first-order valence-corrected chi connectivity index (χ1v) is 9.40. The van der Waals surface area contributed by atoms with Crippen LogP contribution in [0.2, 0.25) is 5.02 Å². The molecular weight excluding hydrogens is 367 g/mol. The van der Waals surface area contributed by atoms with Gasteiger partial charge in [0.2, 0.25) is 5.91 Å². The highest BCUT2D eigenvalue weighted by molar-refractivity contribution is 6.31. The van der Waals surface area contributed by atoms with Crippen molar-refractivity contribution in [3.8, 4) is 0 Å². The standard InChI is InChI=1S/C21H20ClFN2O2/c1-13(26)25-11-16-10-24(21(27)15-7-8-19(23)18(22)9-15)12-17(16)20(25)14-5-3-2-4-6-14/h2-9,16-17,20H,10-12H2,1H3/t16-,17-,20+/m1/s1. The van der Waals surface area contributed by atoms with Gasteiger partial charge in [-0.05, 0) is 23.8 Å². The molecule has 2 aliphatic rings. The van der Waals surface area contributed by atoms with Crippen molar-refractivity contribution in [1.29, 1.82) is 0 Å². The maximum Gasteiger partial charge on any atom is 0.253 e. The zero-order chi connectivity index (χ0) is 19.1. The lowest BCUT2D eigenvalue weighted by Crippen LogP contribution is -2.36. The van der Waals surface area contributed by atoms with E-state index >= 15 is 0 Å². The number of fused-ring (bicyclic) bond motifs is 1. The van der Waals surface area contributed by atoms with Gasteiger partial charge in [0, 0.05) is 44.0 Å². The summed E-state index contributed by atoms with van der Waals surface area (Å²) < 4.78 is 13.4. The van der Waals surface area contributed by atoms with Crippen LogP contribution < -0.4 is 0 Å². The van der Waals surface area contributed by atoms with Crippen molar-refractivity contribution in [2.75, 3.05) is 19.6 Å². The molecule has 2 amide bonds. The maximum absolute atomic E-state index is 13.4. The number of halogens is 2. The molecule has 0 spiro atoms. The molecule has 2 aromatic carbocycles. The molecule has 0 radical (unpaired) electrons.